The number of likely N-dealkylation sites (N-methyl/N-ethyl adjacent to an activating group) is 1. The number of sulfone groups is 1. The van der Waals surface area contributed by atoms with Crippen LogP contribution in [0.25, 0.3) is 0 Å². The second-order valence-corrected chi connectivity index (χ2v) is 8.05. The molecule has 1 heterocycles. The minimum Gasteiger partial charge on any atom is -0.469 e. The lowest BCUT2D eigenvalue weighted by Gasteiger charge is -2.25. The number of hydrogen-bond donors (Lipinski definition) is 1. The van der Waals surface area contributed by atoms with Gasteiger partial charge in [0, 0.05) is 6.42 Å². The van der Waals surface area contributed by atoms with Gasteiger partial charge in [0.25, 0.3) is 0 Å². The number of amides is 1. The molecule has 0 aromatic heterocycles. The summed E-state index contributed by atoms with van der Waals surface area (Å²) in [5.74, 6) is -0.344. The maximum absolute atomic E-state index is 11.9. The van der Waals surface area contributed by atoms with E-state index in [2.05, 4.69) is 10.1 Å². The van der Waals surface area contributed by atoms with E-state index in [-0.39, 0.29) is 29.9 Å². The molecule has 1 amide bonds. The molecule has 0 aliphatic carbocycles. The molecule has 1 atom stereocenters. The predicted molar refractivity (Wildman–Crippen MR) is 78.6 cm³/mol. The fourth-order valence-electron chi connectivity index (χ4n) is 2.40. The summed E-state index contributed by atoms with van der Waals surface area (Å²) in [6.45, 7) is 2.53. The Balaban J connectivity index is 2.32. The standard InChI is InChI=1S/C13H24N2O5S/c1-13(6-8-21(18,19)10-13)14-11(16)9-15(2)7-4-5-12(17)20-3/h4-10H2,1-3H3,(H,14,16). The molecule has 122 valence electrons. The Labute approximate surface area is 125 Å². The summed E-state index contributed by atoms with van der Waals surface area (Å²) in [7, 11) is 0.0911. The van der Waals surface area contributed by atoms with Crippen LogP contribution in [0, 0.1) is 0 Å². The van der Waals surface area contributed by atoms with Gasteiger partial charge in [0.2, 0.25) is 5.91 Å². The normalized spacial score (nSPS) is 24.0. The van der Waals surface area contributed by atoms with Crippen molar-refractivity contribution in [3.63, 3.8) is 0 Å². The average Bonchev–Trinajstić information content (AvgIpc) is 2.62. The first-order chi connectivity index (χ1) is 9.66. The maximum atomic E-state index is 11.9. The second-order valence-electron chi connectivity index (χ2n) is 5.87. The molecule has 0 spiro atoms. The summed E-state index contributed by atoms with van der Waals surface area (Å²) in [5.41, 5.74) is -0.664. The number of nitrogens with zero attached hydrogens (tertiary/aromatic N) is 1. The Hall–Kier alpha value is -1.15. The number of rotatable bonds is 7. The van der Waals surface area contributed by atoms with E-state index < -0.39 is 15.4 Å². The summed E-state index contributed by atoms with van der Waals surface area (Å²) >= 11 is 0. The van der Waals surface area contributed by atoms with Gasteiger partial charge in [-0.2, -0.15) is 0 Å². The minimum absolute atomic E-state index is 0.00219. The van der Waals surface area contributed by atoms with Gasteiger partial charge in [0.15, 0.2) is 9.84 Å². The third kappa shape index (κ3) is 6.43. The lowest BCUT2D eigenvalue weighted by molar-refractivity contribution is -0.140. The molecular formula is C13H24N2O5S. The van der Waals surface area contributed by atoms with Gasteiger partial charge in [-0.1, -0.05) is 0 Å². The van der Waals surface area contributed by atoms with Crippen LogP contribution in [-0.4, -0.2) is 69.5 Å². The van der Waals surface area contributed by atoms with Crippen molar-refractivity contribution in [2.45, 2.75) is 31.7 Å². The fourth-order valence-corrected chi connectivity index (χ4v) is 4.50. The molecule has 1 saturated heterocycles. The number of carbonyl (C=O) groups is 2. The van der Waals surface area contributed by atoms with Gasteiger partial charge in [0.05, 0.1) is 30.7 Å². The summed E-state index contributed by atoms with van der Waals surface area (Å²) in [6.07, 6.45) is 1.38. The van der Waals surface area contributed by atoms with Crippen LogP contribution < -0.4 is 5.32 Å². The molecule has 0 radical (unpaired) electrons. The van der Waals surface area contributed by atoms with Gasteiger partial charge in [-0.25, -0.2) is 8.42 Å². The zero-order valence-corrected chi connectivity index (χ0v) is 13.7. The highest BCUT2D eigenvalue weighted by molar-refractivity contribution is 7.91. The van der Waals surface area contributed by atoms with Gasteiger partial charge in [-0.15, -0.1) is 0 Å². The molecule has 21 heavy (non-hydrogen) atoms. The minimum atomic E-state index is -3.03. The Bertz CT molecular complexity index is 491. The van der Waals surface area contributed by atoms with Gasteiger partial charge in [0.1, 0.15) is 0 Å². The largest absolute Gasteiger partial charge is 0.469 e. The SMILES string of the molecule is COC(=O)CCCN(C)CC(=O)NC1(C)CCS(=O)(=O)C1. The summed E-state index contributed by atoms with van der Waals surface area (Å²) in [4.78, 5) is 24.7. The van der Waals surface area contributed by atoms with Crippen LogP contribution in [0.2, 0.25) is 0 Å². The Morgan fingerprint density at radius 3 is 2.57 bits per heavy atom. The molecule has 1 aliphatic rings. The zero-order valence-electron chi connectivity index (χ0n) is 12.8. The van der Waals surface area contributed by atoms with Crippen LogP contribution in [0.5, 0.6) is 0 Å². The van der Waals surface area contributed by atoms with Crippen LogP contribution >= 0.6 is 0 Å². The number of carbonyl (C=O) groups excluding carboxylic acids is 2. The average molecular weight is 320 g/mol. The van der Waals surface area contributed by atoms with Gasteiger partial charge in [-0.05, 0) is 33.4 Å². The Kier molecular flexibility index (Phi) is 6.15. The van der Waals surface area contributed by atoms with E-state index in [0.29, 0.717) is 25.8 Å². The molecule has 7 nitrogen and oxygen atoms in total. The third-order valence-corrected chi connectivity index (χ3v) is 5.41. The van der Waals surface area contributed by atoms with Crippen LogP contribution in [0.3, 0.4) is 0 Å². The maximum Gasteiger partial charge on any atom is 0.305 e. The first-order valence-electron chi connectivity index (χ1n) is 6.93. The highest BCUT2D eigenvalue weighted by Gasteiger charge is 2.39. The molecule has 1 fully saturated rings. The molecule has 0 saturated carbocycles. The van der Waals surface area contributed by atoms with Crippen molar-refractivity contribution >= 4 is 21.7 Å². The van der Waals surface area contributed by atoms with Crippen LogP contribution in [0.4, 0.5) is 0 Å². The predicted octanol–water partition coefficient (Wildman–Crippen LogP) is -0.435. The van der Waals surface area contributed by atoms with Gasteiger partial charge in [-0.3, -0.25) is 14.5 Å². The number of hydrogen-bond acceptors (Lipinski definition) is 6. The molecule has 1 N–H and O–H groups in total. The number of ether oxygens (including phenoxy) is 1. The highest BCUT2D eigenvalue weighted by atomic mass is 32.2. The van der Waals surface area contributed by atoms with E-state index in [1.54, 1.807) is 18.9 Å². The number of nitrogens with one attached hydrogen (secondary N) is 1. The van der Waals surface area contributed by atoms with Gasteiger partial charge >= 0.3 is 5.97 Å². The summed E-state index contributed by atoms with van der Waals surface area (Å²) in [6, 6.07) is 0. The zero-order chi connectivity index (χ0) is 16.1. The topological polar surface area (TPSA) is 92.8 Å². The lowest BCUT2D eigenvalue weighted by atomic mass is 10.0. The van der Waals surface area contributed by atoms with E-state index in [4.69, 9.17) is 0 Å². The molecule has 0 aromatic carbocycles. The number of esters is 1. The van der Waals surface area contributed by atoms with E-state index in [1.807, 2.05) is 0 Å². The van der Waals surface area contributed by atoms with Crippen molar-refractivity contribution in [2.24, 2.45) is 0 Å². The van der Waals surface area contributed by atoms with E-state index >= 15 is 0 Å². The first kappa shape index (κ1) is 17.9. The van der Waals surface area contributed by atoms with Crippen molar-refractivity contribution in [1.29, 1.82) is 0 Å². The molecule has 1 aliphatic heterocycles. The molecule has 0 aromatic rings. The van der Waals surface area contributed by atoms with Crippen LogP contribution in [0.1, 0.15) is 26.2 Å². The van der Waals surface area contributed by atoms with Gasteiger partial charge < -0.3 is 10.1 Å². The van der Waals surface area contributed by atoms with Crippen molar-refractivity contribution in [3.05, 3.63) is 0 Å². The molecule has 1 rings (SSSR count). The summed E-state index contributed by atoms with van der Waals surface area (Å²) < 4.78 is 27.5. The number of methoxy groups -OCH3 is 1. The van der Waals surface area contributed by atoms with Crippen LogP contribution in [-0.2, 0) is 24.2 Å². The molecular weight excluding hydrogens is 296 g/mol. The smallest absolute Gasteiger partial charge is 0.305 e. The Morgan fingerprint density at radius 2 is 2.05 bits per heavy atom. The molecule has 8 heteroatoms. The van der Waals surface area contributed by atoms with Crippen LogP contribution in [0.15, 0.2) is 0 Å². The molecule has 1 unspecified atom stereocenters. The summed E-state index contributed by atoms with van der Waals surface area (Å²) in [5, 5.41) is 2.80. The van der Waals surface area contributed by atoms with E-state index in [9.17, 15) is 18.0 Å². The van der Waals surface area contributed by atoms with E-state index in [0.717, 1.165) is 0 Å². The second kappa shape index (κ2) is 7.22. The lowest BCUT2D eigenvalue weighted by Crippen LogP contribution is -2.50. The van der Waals surface area contributed by atoms with Crippen molar-refractivity contribution in [3.8, 4) is 0 Å². The highest BCUT2D eigenvalue weighted by Crippen LogP contribution is 2.22. The van der Waals surface area contributed by atoms with E-state index in [1.165, 1.54) is 7.11 Å². The van der Waals surface area contributed by atoms with Crippen molar-refractivity contribution in [1.82, 2.24) is 10.2 Å². The monoisotopic (exact) mass is 320 g/mol. The fraction of sp³-hybridized carbons (Fsp3) is 0.846. The molecule has 0 bridgehead atoms. The quantitative estimate of drug-likeness (QED) is 0.640. The third-order valence-electron chi connectivity index (χ3n) is 3.51. The first-order valence-corrected chi connectivity index (χ1v) is 8.75. The van der Waals surface area contributed by atoms with Crippen molar-refractivity contribution in [2.75, 3.05) is 38.8 Å². The van der Waals surface area contributed by atoms with Crippen molar-refractivity contribution < 1.29 is 22.7 Å². The Morgan fingerprint density at radius 1 is 1.38 bits per heavy atom.